The number of carbonyl (C=O) groups excluding carboxylic acids is 2. The van der Waals surface area contributed by atoms with E-state index in [-0.39, 0.29) is 30.6 Å². The fourth-order valence-electron chi connectivity index (χ4n) is 3.69. The highest BCUT2D eigenvalue weighted by Gasteiger charge is 2.30. The molecule has 4 nitrogen and oxygen atoms in total. The number of hydrogen-bond donors (Lipinski definition) is 1. The number of likely N-dealkylation sites (N-methyl/N-ethyl adjacent to an activating group) is 1. The molecule has 0 bridgehead atoms. The van der Waals surface area contributed by atoms with Gasteiger partial charge in [-0.2, -0.15) is 0 Å². The summed E-state index contributed by atoms with van der Waals surface area (Å²) < 4.78 is 14.5. The second kappa shape index (κ2) is 12.9. The van der Waals surface area contributed by atoms with Gasteiger partial charge in [0.25, 0.3) is 0 Å². The number of nitrogens with zero attached hydrogens (tertiary/aromatic N) is 1. The number of nitrogens with one attached hydrogen (secondary N) is 1. The molecule has 3 aromatic carbocycles. The van der Waals surface area contributed by atoms with Crippen LogP contribution in [-0.4, -0.2) is 35.1 Å². The molecule has 0 fully saturated rings. The van der Waals surface area contributed by atoms with E-state index in [1.165, 1.54) is 16.5 Å². The Hall–Kier alpha value is -3.12. The van der Waals surface area contributed by atoms with Crippen LogP contribution in [-0.2, 0) is 22.6 Å². The zero-order chi connectivity index (χ0) is 24.3. The van der Waals surface area contributed by atoms with Gasteiger partial charge in [0.2, 0.25) is 11.8 Å². The van der Waals surface area contributed by atoms with E-state index in [2.05, 4.69) is 5.32 Å². The monoisotopic (exact) mass is 478 g/mol. The van der Waals surface area contributed by atoms with Crippen LogP contribution in [0.25, 0.3) is 0 Å². The van der Waals surface area contributed by atoms with Crippen molar-refractivity contribution in [1.29, 1.82) is 0 Å². The minimum absolute atomic E-state index is 0.0370. The van der Waals surface area contributed by atoms with Crippen LogP contribution in [0.2, 0.25) is 0 Å². The van der Waals surface area contributed by atoms with Crippen molar-refractivity contribution in [2.45, 2.75) is 44.2 Å². The van der Waals surface area contributed by atoms with Gasteiger partial charge in [-0.1, -0.05) is 66.2 Å². The van der Waals surface area contributed by atoms with Gasteiger partial charge in [0, 0.05) is 42.1 Å². The van der Waals surface area contributed by atoms with E-state index >= 15 is 0 Å². The van der Waals surface area contributed by atoms with E-state index in [4.69, 9.17) is 0 Å². The van der Waals surface area contributed by atoms with E-state index in [1.807, 2.05) is 68.4 Å². The molecular weight excluding hydrogens is 447 g/mol. The maximum absolute atomic E-state index is 14.5. The highest BCUT2D eigenvalue weighted by molar-refractivity contribution is 7.99. The van der Waals surface area contributed by atoms with Crippen LogP contribution in [0, 0.1) is 12.7 Å². The molecular formula is C28H31FN2O2S. The van der Waals surface area contributed by atoms with Gasteiger partial charge in [0.15, 0.2) is 0 Å². The normalized spacial score (nSPS) is 11.6. The standard InChI is InChI=1S/C28H31FN2O2S/c1-3-30-28(33)26(19-22-9-5-4-6-10-22)31(20-23-11-7-8-12-25(23)29)27(32)17-18-34-24-15-13-21(2)14-16-24/h4-16,26H,3,17-20H2,1-2H3,(H,30,33)/t26-/m1/s1. The van der Waals surface area contributed by atoms with Gasteiger partial charge < -0.3 is 10.2 Å². The minimum atomic E-state index is -0.737. The maximum Gasteiger partial charge on any atom is 0.243 e. The lowest BCUT2D eigenvalue weighted by molar-refractivity contribution is -0.141. The predicted octanol–water partition coefficient (Wildman–Crippen LogP) is 5.39. The van der Waals surface area contributed by atoms with Gasteiger partial charge in [0.1, 0.15) is 11.9 Å². The number of carbonyl (C=O) groups is 2. The lowest BCUT2D eigenvalue weighted by Crippen LogP contribution is -2.50. The first kappa shape index (κ1) is 25.5. The Bertz CT molecular complexity index is 1070. The van der Waals surface area contributed by atoms with Gasteiger partial charge in [-0.05, 0) is 37.6 Å². The average Bonchev–Trinajstić information content (AvgIpc) is 2.84. The van der Waals surface area contributed by atoms with Crippen LogP contribution in [0.5, 0.6) is 0 Å². The highest BCUT2D eigenvalue weighted by Crippen LogP contribution is 2.22. The smallest absolute Gasteiger partial charge is 0.243 e. The summed E-state index contributed by atoms with van der Waals surface area (Å²) in [6.45, 7) is 4.37. The summed E-state index contributed by atoms with van der Waals surface area (Å²) >= 11 is 1.60. The summed E-state index contributed by atoms with van der Waals surface area (Å²) in [7, 11) is 0. The first-order valence-electron chi connectivity index (χ1n) is 11.5. The van der Waals surface area contributed by atoms with Crippen molar-refractivity contribution in [2.24, 2.45) is 0 Å². The van der Waals surface area contributed by atoms with Crippen LogP contribution in [0.1, 0.15) is 30.0 Å². The molecule has 178 valence electrons. The topological polar surface area (TPSA) is 49.4 Å². The fraction of sp³-hybridized carbons (Fsp3) is 0.286. The molecule has 0 saturated carbocycles. The molecule has 34 heavy (non-hydrogen) atoms. The summed E-state index contributed by atoms with van der Waals surface area (Å²) in [6, 6.07) is 23.4. The lowest BCUT2D eigenvalue weighted by Gasteiger charge is -2.31. The third kappa shape index (κ3) is 7.45. The van der Waals surface area contributed by atoms with Gasteiger partial charge >= 0.3 is 0 Å². The summed E-state index contributed by atoms with van der Waals surface area (Å²) in [5.41, 5.74) is 2.52. The second-order valence-electron chi connectivity index (χ2n) is 8.12. The summed E-state index contributed by atoms with van der Waals surface area (Å²) in [5, 5.41) is 2.86. The summed E-state index contributed by atoms with van der Waals surface area (Å²) in [5.74, 6) is -0.218. The second-order valence-corrected chi connectivity index (χ2v) is 9.29. The van der Waals surface area contributed by atoms with Crippen molar-refractivity contribution >= 4 is 23.6 Å². The molecule has 3 rings (SSSR count). The third-order valence-corrected chi connectivity index (χ3v) is 6.54. The molecule has 1 atom stereocenters. The predicted molar refractivity (Wildman–Crippen MR) is 136 cm³/mol. The van der Waals surface area contributed by atoms with Crippen molar-refractivity contribution in [3.05, 3.63) is 101 Å². The lowest BCUT2D eigenvalue weighted by atomic mass is 10.0. The van der Waals surface area contributed by atoms with Crippen molar-refractivity contribution in [1.82, 2.24) is 10.2 Å². The molecule has 1 N–H and O–H groups in total. The van der Waals surface area contributed by atoms with Gasteiger partial charge in [-0.3, -0.25) is 9.59 Å². The fourth-order valence-corrected chi connectivity index (χ4v) is 4.53. The highest BCUT2D eigenvalue weighted by atomic mass is 32.2. The molecule has 0 spiro atoms. The van der Waals surface area contributed by atoms with Gasteiger partial charge in [-0.15, -0.1) is 11.8 Å². The minimum Gasteiger partial charge on any atom is -0.355 e. The Morgan fingerprint density at radius 3 is 2.32 bits per heavy atom. The molecule has 2 amide bonds. The average molecular weight is 479 g/mol. The number of hydrogen-bond acceptors (Lipinski definition) is 3. The molecule has 0 aliphatic heterocycles. The van der Waals surface area contributed by atoms with Crippen LogP contribution < -0.4 is 5.32 Å². The number of rotatable bonds is 11. The van der Waals surface area contributed by atoms with Crippen molar-refractivity contribution in [3.63, 3.8) is 0 Å². The molecule has 6 heteroatoms. The number of thioether (sulfide) groups is 1. The Balaban J connectivity index is 1.82. The Kier molecular flexibility index (Phi) is 9.71. The number of benzene rings is 3. The molecule has 3 aromatic rings. The zero-order valence-corrected chi connectivity index (χ0v) is 20.5. The van der Waals surface area contributed by atoms with E-state index in [9.17, 15) is 14.0 Å². The van der Waals surface area contributed by atoms with Crippen LogP contribution >= 0.6 is 11.8 Å². The molecule has 0 unspecified atom stereocenters. The summed E-state index contributed by atoms with van der Waals surface area (Å²) in [4.78, 5) is 29.2. The van der Waals surface area contributed by atoms with Gasteiger partial charge in [-0.25, -0.2) is 4.39 Å². The molecule has 0 heterocycles. The van der Waals surface area contributed by atoms with Crippen LogP contribution in [0.4, 0.5) is 4.39 Å². The Labute approximate surface area is 205 Å². The number of amides is 2. The van der Waals surface area contributed by atoms with E-state index in [1.54, 1.807) is 30.0 Å². The van der Waals surface area contributed by atoms with Crippen molar-refractivity contribution < 1.29 is 14.0 Å². The van der Waals surface area contributed by atoms with E-state index in [0.29, 0.717) is 24.3 Å². The Morgan fingerprint density at radius 1 is 0.971 bits per heavy atom. The van der Waals surface area contributed by atoms with Crippen LogP contribution in [0.3, 0.4) is 0 Å². The van der Waals surface area contributed by atoms with Crippen molar-refractivity contribution in [3.8, 4) is 0 Å². The van der Waals surface area contributed by atoms with Crippen molar-refractivity contribution in [2.75, 3.05) is 12.3 Å². The molecule has 0 aliphatic carbocycles. The van der Waals surface area contributed by atoms with E-state index < -0.39 is 6.04 Å². The SMILES string of the molecule is CCNC(=O)[C@@H](Cc1ccccc1)N(Cc1ccccc1F)C(=O)CCSc1ccc(C)cc1. The number of halogens is 1. The quantitative estimate of drug-likeness (QED) is 0.376. The largest absolute Gasteiger partial charge is 0.355 e. The number of aryl methyl sites for hydroxylation is 1. The molecule has 0 radical (unpaired) electrons. The van der Waals surface area contributed by atoms with E-state index in [0.717, 1.165) is 10.5 Å². The molecule has 0 aromatic heterocycles. The Morgan fingerprint density at radius 2 is 1.65 bits per heavy atom. The van der Waals surface area contributed by atoms with Crippen LogP contribution in [0.15, 0.2) is 83.8 Å². The summed E-state index contributed by atoms with van der Waals surface area (Å²) in [6.07, 6.45) is 0.607. The maximum atomic E-state index is 14.5. The molecule has 0 aliphatic rings. The zero-order valence-electron chi connectivity index (χ0n) is 19.7. The van der Waals surface area contributed by atoms with Gasteiger partial charge in [0.05, 0.1) is 0 Å². The first-order chi connectivity index (χ1) is 16.5. The third-order valence-electron chi connectivity index (χ3n) is 5.53. The molecule has 0 saturated heterocycles. The first-order valence-corrected chi connectivity index (χ1v) is 12.5.